The zero-order valence-electron chi connectivity index (χ0n) is 17.8. The molecule has 1 amide bonds. The molecule has 0 fully saturated rings. The van der Waals surface area contributed by atoms with Crippen molar-refractivity contribution in [1.29, 1.82) is 0 Å². The van der Waals surface area contributed by atoms with Crippen molar-refractivity contribution in [2.75, 3.05) is 32.7 Å². The first-order valence-electron chi connectivity index (χ1n) is 9.31. The predicted molar refractivity (Wildman–Crippen MR) is 115 cm³/mol. The summed E-state index contributed by atoms with van der Waals surface area (Å²) in [5.41, 5.74) is 1.09. The lowest BCUT2D eigenvalue weighted by molar-refractivity contribution is 0.102. The molecule has 0 heterocycles. The van der Waals surface area contributed by atoms with Crippen LogP contribution in [0.4, 0.5) is 5.69 Å². The number of hydrogen-bond donors (Lipinski definition) is 3. The molecule has 30 heavy (non-hydrogen) atoms. The van der Waals surface area contributed by atoms with Crippen LogP contribution in [0.2, 0.25) is 0 Å². The van der Waals surface area contributed by atoms with Crippen LogP contribution < -0.4 is 14.8 Å². The van der Waals surface area contributed by atoms with Crippen molar-refractivity contribution in [3.63, 3.8) is 0 Å². The number of carbonyl (C=O) groups is 1. The van der Waals surface area contributed by atoms with Crippen LogP contribution in [0.15, 0.2) is 41.3 Å². The highest BCUT2D eigenvalue weighted by Gasteiger charge is 2.22. The average molecular weight is 437 g/mol. The van der Waals surface area contributed by atoms with E-state index < -0.39 is 15.9 Å². The predicted octanol–water partition coefficient (Wildman–Crippen LogP) is 2.88. The van der Waals surface area contributed by atoms with Crippen molar-refractivity contribution in [3.05, 3.63) is 47.5 Å². The smallest absolute Gasteiger partial charge is 0.255 e. The maximum Gasteiger partial charge on any atom is 0.255 e. The number of rotatable bonds is 8. The van der Waals surface area contributed by atoms with Gasteiger partial charge in [-0.05, 0) is 41.3 Å². The fourth-order valence-electron chi connectivity index (χ4n) is 2.68. The fraction of sp³-hybridized carbons (Fsp3) is 0.381. The second-order valence-corrected chi connectivity index (χ2v) is 9.43. The number of ether oxygens (including phenoxy) is 2. The van der Waals surface area contributed by atoms with Gasteiger partial charge in [-0.1, -0.05) is 26.8 Å². The molecule has 0 aromatic heterocycles. The summed E-state index contributed by atoms with van der Waals surface area (Å²) in [6, 6.07) is 9.08. The third-order valence-corrected chi connectivity index (χ3v) is 5.91. The Morgan fingerprint density at radius 3 is 2.40 bits per heavy atom. The monoisotopic (exact) mass is 436 g/mol. The van der Waals surface area contributed by atoms with E-state index in [1.165, 1.54) is 38.5 Å². The summed E-state index contributed by atoms with van der Waals surface area (Å²) in [5.74, 6) is -0.541. The van der Waals surface area contributed by atoms with E-state index in [1.54, 1.807) is 12.1 Å². The molecule has 0 aliphatic rings. The van der Waals surface area contributed by atoms with Gasteiger partial charge in [-0.3, -0.25) is 4.79 Å². The van der Waals surface area contributed by atoms with Gasteiger partial charge in [0, 0.05) is 19.2 Å². The lowest BCUT2D eigenvalue weighted by Crippen LogP contribution is -2.28. The highest BCUT2D eigenvalue weighted by Crippen LogP contribution is 2.31. The summed E-state index contributed by atoms with van der Waals surface area (Å²) in [7, 11) is -1.11. The highest BCUT2D eigenvalue weighted by molar-refractivity contribution is 7.89. The summed E-state index contributed by atoms with van der Waals surface area (Å²) in [6.07, 6.45) is 0. The third kappa shape index (κ3) is 5.71. The van der Waals surface area contributed by atoms with Crippen LogP contribution in [0.3, 0.4) is 0 Å². The Morgan fingerprint density at radius 1 is 1.10 bits per heavy atom. The Morgan fingerprint density at radius 2 is 1.80 bits per heavy atom. The molecule has 9 heteroatoms. The molecule has 2 aromatic carbocycles. The highest BCUT2D eigenvalue weighted by atomic mass is 32.2. The van der Waals surface area contributed by atoms with Gasteiger partial charge in [0.25, 0.3) is 5.91 Å². The van der Waals surface area contributed by atoms with E-state index in [0.717, 1.165) is 5.56 Å². The first-order chi connectivity index (χ1) is 14.0. The number of phenolic OH excluding ortho intramolecular Hbond substituents is 1. The average Bonchev–Trinajstić information content (AvgIpc) is 2.68. The van der Waals surface area contributed by atoms with Crippen LogP contribution in [0.25, 0.3) is 0 Å². The van der Waals surface area contributed by atoms with Gasteiger partial charge in [0.1, 0.15) is 16.4 Å². The Hall–Kier alpha value is -2.62. The quantitative estimate of drug-likeness (QED) is 0.433. The number of phenols is 1. The van der Waals surface area contributed by atoms with E-state index in [0.29, 0.717) is 0 Å². The number of hydrogen-bond acceptors (Lipinski definition) is 6. The molecule has 0 bridgehead atoms. The van der Waals surface area contributed by atoms with E-state index in [1.807, 2.05) is 20.8 Å². The Bertz CT molecular complexity index is 1010. The molecule has 0 saturated heterocycles. The van der Waals surface area contributed by atoms with Crippen molar-refractivity contribution in [1.82, 2.24) is 4.72 Å². The molecule has 0 unspecified atom stereocenters. The molecule has 2 aromatic rings. The maximum atomic E-state index is 12.8. The van der Waals surface area contributed by atoms with Crippen molar-refractivity contribution in [3.8, 4) is 11.5 Å². The summed E-state index contributed by atoms with van der Waals surface area (Å²) in [5, 5.41) is 12.8. The number of sulfonamides is 1. The van der Waals surface area contributed by atoms with Gasteiger partial charge in [0.15, 0.2) is 0 Å². The van der Waals surface area contributed by atoms with Crippen molar-refractivity contribution in [2.45, 2.75) is 31.1 Å². The van der Waals surface area contributed by atoms with Gasteiger partial charge >= 0.3 is 0 Å². The van der Waals surface area contributed by atoms with Crippen LogP contribution in [0.1, 0.15) is 36.7 Å². The Kier molecular flexibility index (Phi) is 7.46. The number of methoxy groups -OCH3 is 2. The van der Waals surface area contributed by atoms with Gasteiger partial charge < -0.3 is 19.9 Å². The number of nitrogens with one attached hydrogen (secondary N) is 2. The minimum absolute atomic E-state index is 0.0753. The number of aromatic hydroxyl groups is 1. The molecule has 0 aliphatic heterocycles. The minimum Gasteiger partial charge on any atom is -0.506 e. The van der Waals surface area contributed by atoms with Gasteiger partial charge in [-0.25, -0.2) is 13.1 Å². The SMILES string of the molecule is COCCNS(=O)(=O)c1cc(C(=O)Nc2cc(C(C)(C)C)ccc2O)ccc1OC. The van der Waals surface area contributed by atoms with Crippen LogP contribution in [-0.4, -0.2) is 46.8 Å². The zero-order valence-corrected chi connectivity index (χ0v) is 18.6. The van der Waals surface area contributed by atoms with Crippen LogP contribution in [0.5, 0.6) is 11.5 Å². The second kappa shape index (κ2) is 9.46. The molecule has 3 N–H and O–H groups in total. The standard InChI is InChI=1S/C21H28N2O6S/c1-21(2,3)15-7-8-17(24)16(13-15)23-20(25)14-6-9-18(29-5)19(12-14)30(26,27)22-10-11-28-4/h6-9,12-13,22,24H,10-11H2,1-5H3,(H,23,25). The summed E-state index contributed by atoms with van der Waals surface area (Å²) < 4.78 is 37.6. The van der Waals surface area contributed by atoms with Crippen LogP contribution in [-0.2, 0) is 20.2 Å². The number of anilines is 1. The molecule has 2 rings (SSSR count). The Balaban J connectivity index is 2.35. The summed E-state index contributed by atoms with van der Waals surface area (Å²) in [4.78, 5) is 12.6. The van der Waals surface area contributed by atoms with E-state index in [9.17, 15) is 18.3 Å². The second-order valence-electron chi connectivity index (χ2n) is 7.69. The van der Waals surface area contributed by atoms with E-state index in [2.05, 4.69) is 10.0 Å². The summed E-state index contributed by atoms with van der Waals surface area (Å²) in [6.45, 7) is 6.32. The molecule has 8 nitrogen and oxygen atoms in total. The minimum atomic E-state index is -3.92. The fourth-order valence-corrected chi connectivity index (χ4v) is 3.89. The Labute approximate surface area is 177 Å². The third-order valence-electron chi connectivity index (χ3n) is 4.42. The topological polar surface area (TPSA) is 114 Å². The van der Waals surface area contributed by atoms with Gasteiger partial charge in [0.2, 0.25) is 10.0 Å². The molecule has 164 valence electrons. The first-order valence-corrected chi connectivity index (χ1v) is 10.8. The van der Waals surface area contributed by atoms with E-state index in [4.69, 9.17) is 9.47 Å². The van der Waals surface area contributed by atoms with Crippen LogP contribution in [0, 0.1) is 0 Å². The lowest BCUT2D eigenvalue weighted by Gasteiger charge is -2.20. The van der Waals surface area contributed by atoms with Crippen molar-refractivity contribution in [2.24, 2.45) is 0 Å². The van der Waals surface area contributed by atoms with Gasteiger partial charge in [-0.15, -0.1) is 0 Å². The van der Waals surface area contributed by atoms with Crippen molar-refractivity contribution < 1.29 is 27.8 Å². The van der Waals surface area contributed by atoms with Gasteiger partial charge in [0.05, 0.1) is 19.4 Å². The molecule has 0 aliphatic carbocycles. The van der Waals surface area contributed by atoms with Crippen molar-refractivity contribution >= 4 is 21.6 Å². The number of amides is 1. The number of benzene rings is 2. The molecular formula is C21H28N2O6S. The largest absolute Gasteiger partial charge is 0.506 e. The molecule has 0 saturated carbocycles. The normalized spacial score (nSPS) is 11.9. The van der Waals surface area contributed by atoms with E-state index in [-0.39, 0.29) is 46.2 Å². The lowest BCUT2D eigenvalue weighted by atomic mass is 9.87. The molecule has 0 spiro atoms. The molecule has 0 radical (unpaired) electrons. The first kappa shape index (κ1) is 23.7. The number of carbonyl (C=O) groups excluding carboxylic acids is 1. The maximum absolute atomic E-state index is 12.8. The van der Waals surface area contributed by atoms with E-state index >= 15 is 0 Å². The molecule has 0 atom stereocenters. The molecular weight excluding hydrogens is 408 g/mol. The summed E-state index contributed by atoms with van der Waals surface area (Å²) >= 11 is 0. The zero-order chi connectivity index (χ0) is 22.5. The van der Waals surface area contributed by atoms with Crippen LogP contribution >= 0.6 is 0 Å². The van der Waals surface area contributed by atoms with Gasteiger partial charge in [-0.2, -0.15) is 0 Å².